The molecule has 136 valence electrons. The quantitative estimate of drug-likeness (QED) is 0.422. The van der Waals surface area contributed by atoms with E-state index < -0.39 is 0 Å². The largest absolute Gasteiger partial charge is 0.384 e. The molecule has 2 aromatic carbocycles. The van der Waals surface area contributed by atoms with Gasteiger partial charge in [0.1, 0.15) is 11.1 Å². The number of fused-ring (bicyclic) bond motifs is 1. The number of amides is 1. The van der Waals surface area contributed by atoms with Crippen LogP contribution in [0.25, 0.3) is 0 Å². The van der Waals surface area contributed by atoms with Gasteiger partial charge in [-0.15, -0.1) is 11.8 Å². The molecule has 0 aliphatic carbocycles. The van der Waals surface area contributed by atoms with Crippen LogP contribution in [-0.2, 0) is 4.79 Å². The van der Waals surface area contributed by atoms with Gasteiger partial charge >= 0.3 is 0 Å². The predicted octanol–water partition coefficient (Wildman–Crippen LogP) is 4.73. The van der Waals surface area contributed by atoms with Crippen molar-refractivity contribution in [3.8, 4) is 0 Å². The molecule has 4 nitrogen and oxygen atoms in total. The molecule has 1 unspecified atom stereocenters. The van der Waals surface area contributed by atoms with Gasteiger partial charge in [0.25, 0.3) is 0 Å². The lowest BCUT2D eigenvalue weighted by Crippen LogP contribution is -2.38. The van der Waals surface area contributed by atoms with E-state index in [9.17, 15) is 4.79 Å². The molecule has 1 heterocycles. The molecule has 1 aliphatic rings. The number of hydrogen-bond donors (Lipinski definition) is 2. The molecule has 3 rings (SSSR count). The summed E-state index contributed by atoms with van der Waals surface area (Å²) in [6, 6.07) is 15.6. The number of para-hydroxylation sites is 1. The normalized spacial score (nSPS) is 16.4. The third kappa shape index (κ3) is 3.93. The Kier molecular flexibility index (Phi) is 5.99. The van der Waals surface area contributed by atoms with Crippen LogP contribution in [0.15, 0.2) is 53.4 Å². The Bertz CT molecular complexity index is 805. The van der Waals surface area contributed by atoms with Crippen LogP contribution in [0.5, 0.6) is 0 Å². The maximum atomic E-state index is 13.3. The van der Waals surface area contributed by atoms with E-state index >= 15 is 0 Å². The van der Waals surface area contributed by atoms with Crippen molar-refractivity contribution in [2.75, 3.05) is 11.4 Å². The van der Waals surface area contributed by atoms with E-state index in [2.05, 4.69) is 13.0 Å². The Labute approximate surface area is 159 Å². The Balaban J connectivity index is 1.90. The second kappa shape index (κ2) is 8.41. The first-order valence-electron chi connectivity index (χ1n) is 9.13. The van der Waals surface area contributed by atoms with Crippen LogP contribution < -0.4 is 10.6 Å². The van der Waals surface area contributed by atoms with Gasteiger partial charge in [0.05, 0.1) is 5.69 Å². The summed E-state index contributed by atoms with van der Waals surface area (Å²) in [5, 5.41) is 7.36. The molecule has 5 heteroatoms. The first-order chi connectivity index (χ1) is 12.6. The summed E-state index contributed by atoms with van der Waals surface area (Å²) in [6.45, 7) is 2.94. The number of hydrogen-bond acceptors (Lipinski definition) is 3. The van der Waals surface area contributed by atoms with E-state index in [1.807, 2.05) is 41.3 Å². The van der Waals surface area contributed by atoms with Crippen molar-refractivity contribution in [3.63, 3.8) is 0 Å². The number of carbonyl (C=O) groups is 1. The van der Waals surface area contributed by atoms with Gasteiger partial charge in [0.2, 0.25) is 5.91 Å². The number of nitrogens with one attached hydrogen (secondary N) is 1. The number of amidine groups is 1. The van der Waals surface area contributed by atoms with Gasteiger partial charge < -0.3 is 10.6 Å². The highest BCUT2D eigenvalue weighted by atomic mass is 32.2. The molecule has 2 aromatic rings. The van der Waals surface area contributed by atoms with Crippen molar-refractivity contribution >= 4 is 29.2 Å². The Morgan fingerprint density at radius 2 is 1.96 bits per heavy atom. The van der Waals surface area contributed by atoms with Crippen molar-refractivity contribution in [1.29, 1.82) is 5.41 Å². The molecular formula is C21H25N3OS. The molecule has 3 N–H and O–H groups in total. The fraction of sp³-hybridized carbons (Fsp3) is 0.333. The van der Waals surface area contributed by atoms with E-state index in [1.165, 1.54) is 12.8 Å². The summed E-state index contributed by atoms with van der Waals surface area (Å²) in [7, 11) is 0. The summed E-state index contributed by atoms with van der Waals surface area (Å²) in [6.07, 6.45) is 4.53. The second-order valence-corrected chi connectivity index (χ2v) is 7.70. The van der Waals surface area contributed by atoms with Crippen LogP contribution in [0.1, 0.15) is 49.0 Å². The standard InChI is InChI=1S/C21H25N3OS/c1-2-3-4-7-13-24-17-11-5-6-12-18(17)26-19(21(24)25)15-9-8-10-16(14-15)20(22)23/h5-6,8-12,14,19H,2-4,7,13H2,1H3,(H3,22,23). The highest BCUT2D eigenvalue weighted by Gasteiger charge is 2.34. The van der Waals surface area contributed by atoms with Gasteiger partial charge in [-0.3, -0.25) is 10.2 Å². The third-order valence-corrected chi connectivity index (χ3v) is 5.94. The molecule has 1 amide bonds. The van der Waals surface area contributed by atoms with Crippen LogP contribution in [0.3, 0.4) is 0 Å². The highest BCUT2D eigenvalue weighted by molar-refractivity contribution is 8.00. The van der Waals surface area contributed by atoms with Gasteiger partial charge in [-0.05, 0) is 30.2 Å². The number of nitrogens with two attached hydrogens (primary N) is 1. The molecule has 0 spiro atoms. The molecule has 0 aromatic heterocycles. The van der Waals surface area contributed by atoms with E-state index in [0.29, 0.717) is 5.56 Å². The summed E-state index contributed by atoms with van der Waals surface area (Å²) in [5.74, 6) is 0.142. The van der Waals surface area contributed by atoms with E-state index in [1.54, 1.807) is 17.8 Å². The van der Waals surface area contributed by atoms with Gasteiger partial charge in [0.15, 0.2) is 0 Å². The predicted molar refractivity (Wildman–Crippen MR) is 109 cm³/mol. The maximum Gasteiger partial charge on any atom is 0.245 e. The summed E-state index contributed by atoms with van der Waals surface area (Å²) in [4.78, 5) is 16.3. The maximum absolute atomic E-state index is 13.3. The van der Waals surface area contributed by atoms with E-state index in [4.69, 9.17) is 11.1 Å². The minimum absolute atomic E-state index is 0.0249. The number of thioether (sulfide) groups is 1. The summed E-state index contributed by atoms with van der Waals surface area (Å²) < 4.78 is 0. The number of nitrogens with zero attached hydrogens (tertiary/aromatic N) is 1. The number of carbonyl (C=O) groups excluding carboxylic acids is 1. The smallest absolute Gasteiger partial charge is 0.245 e. The third-order valence-electron chi connectivity index (χ3n) is 4.63. The van der Waals surface area contributed by atoms with Gasteiger partial charge in [-0.1, -0.05) is 56.5 Å². The lowest BCUT2D eigenvalue weighted by molar-refractivity contribution is -0.118. The molecular weight excluding hydrogens is 342 g/mol. The lowest BCUT2D eigenvalue weighted by Gasteiger charge is -2.34. The second-order valence-electron chi connectivity index (χ2n) is 6.56. The first kappa shape index (κ1) is 18.5. The molecule has 26 heavy (non-hydrogen) atoms. The zero-order valence-electron chi connectivity index (χ0n) is 15.1. The van der Waals surface area contributed by atoms with Crippen molar-refractivity contribution in [2.24, 2.45) is 5.73 Å². The number of nitrogen functional groups attached to an aromatic ring is 1. The van der Waals surface area contributed by atoms with Crippen LogP contribution >= 0.6 is 11.8 Å². The Morgan fingerprint density at radius 1 is 1.15 bits per heavy atom. The molecule has 1 aliphatic heterocycles. The number of unbranched alkanes of at least 4 members (excludes halogenated alkanes) is 3. The van der Waals surface area contributed by atoms with E-state index in [-0.39, 0.29) is 17.0 Å². The molecule has 1 atom stereocenters. The van der Waals surface area contributed by atoms with Crippen molar-refractivity contribution in [3.05, 3.63) is 59.7 Å². The highest BCUT2D eigenvalue weighted by Crippen LogP contribution is 2.46. The Hall–Kier alpha value is -2.27. The fourth-order valence-corrected chi connectivity index (χ4v) is 4.45. The summed E-state index contributed by atoms with van der Waals surface area (Å²) in [5.41, 5.74) is 8.20. The molecule has 0 saturated carbocycles. The zero-order chi connectivity index (χ0) is 18.5. The average molecular weight is 368 g/mol. The van der Waals surface area contributed by atoms with Crippen LogP contribution in [-0.4, -0.2) is 18.3 Å². The first-order valence-corrected chi connectivity index (χ1v) is 10.0. The lowest BCUT2D eigenvalue weighted by atomic mass is 10.1. The number of benzene rings is 2. The monoisotopic (exact) mass is 367 g/mol. The van der Waals surface area contributed by atoms with Gasteiger partial charge in [-0.25, -0.2) is 0 Å². The molecule has 0 bridgehead atoms. The Morgan fingerprint density at radius 3 is 2.73 bits per heavy atom. The van der Waals surface area contributed by atoms with Crippen LogP contribution in [0, 0.1) is 5.41 Å². The number of anilines is 1. The van der Waals surface area contributed by atoms with Gasteiger partial charge in [-0.2, -0.15) is 0 Å². The topological polar surface area (TPSA) is 70.2 Å². The average Bonchev–Trinajstić information content (AvgIpc) is 2.66. The van der Waals surface area contributed by atoms with Crippen molar-refractivity contribution in [2.45, 2.75) is 42.8 Å². The van der Waals surface area contributed by atoms with Gasteiger partial charge in [0, 0.05) is 17.0 Å². The minimum atomic E-state index is -0.296. The molecule has 0 radical (unpaired) electrons. The van der Waals surface area contributed by atoms with E-state index in [0.717, 1.165) is 35.5 Å². The van der Waals surface area contributed by atoms with Crippen LogP contribution in [0.4, 0.5) is 5.69 Å². The minimum Gasteiger partial charge on any atom is -0.384 e. The van der Waals surface area contributed by atoms with Crippen molar-refractivity contribution < 1.29 is 4.79 Å². The molecule has 0 fully saturated rings. The zero-order valence-corrected chi connectivity index (χ0v) is 15.9. The van der Waals surface area contributed by atoms with Crippen molar-refractivity contribution in [1.82, 2.24) is 0 Å². The number of rotatable bonds is 7. The molecule has 0 saturated heterocycles. The SMILES string of the molecule is CCCCCCN1C(=O)C(c2cccc(C(=N)N)c2)Sc2ccccc21. The van der Waals surface area contributed by atoms with Crippen LogP contribution in [0.2, 0.25) is 0 Å². The fourth-order valence-electron chi connectivity index (χ4n) is 3.22. The summed E-state index contributed by atoms with van der Waals surface area (Å²) >= 11 is 1.58.